The highest BCUT2D eigenvalue weighted by molar-refractivity contribution is 5.81. The topological polar surface area (TPSA) is 105 Å². The minimum Gasteiger partial charge on any atom is -0.475 e. The molecule has 35 heavy (non-hydrogen) atoms. The van der Waals surface area contributed by atoms with Crippen LogP contribution in [0, 0.1) is 12.8 Å². The van der Waals surface area contributed by atoms with Crippen LogP contribution in [0.15, 0.2) is 36.7 Å². The zero-order valence-electron chi connectivity index (χ0n) is 19.2. The Labute approximate surface area is 200 Å². The van der Waals surface area contributed by atoms with Crippen molar-refractivity contribution in [3.63, 3.8) is 0 Å². The Bertz CT molecular complexity index is 1080. The van der Waals surface area contributed by atoms with Crippen LogP contribution in [0.1, 0.15) is 41.8 Å². The van der Waals surface area contributed by atoms with Crippen LogP contribution in [0.2, 0.25) is 0 Å². The zero-order valence-corrected chi connectivity index (χ0v) is 19.2. The predicted molar refractivity (Wildman–Crippen MR) is 118 cm³/mol. The lowest BCUT2D eigenvalue weighted by atomic mass is 9.86. The van der Waals surface area contributed by atoms with Gasteiger partial charge in [0.25, 0.3) is 0 Å². The molecule has 1 spiro atoms. The first-order valence-corrected chi connectivity index (χ1v) is 11.4. The van der Waals surface area contributed by atoms with Crippen LogP contribution >= 0.6 is 0 Å². The number of rotatable bonds is 5. The van der Waals surface area contributed by atoms with Gasteiger partial charge >= 0.3 is 12.1 Å². The van der Waals surface area contributed by atoms with E-state index in [4.69, 9.17) is 14.6 Å². The molecule has 2 unspecified atom stereocenters. The van der Waals surface area contributed by atoms with Crippen molar-refractivity contribution in [1.29, 1.82) is 0 Å². The Morgan fingerprint density at radius 3 is 2.57 bits per heavy atom. The minimum absolute atomic E-state index is 0.0602. The van der Waals surface area contributed by atoms with Crippen molar-refractivity contribution >= 4 is 11.9 Å². The lowest BCUT2D eigenvalue weighted by molar-refractivity contribution is -0.192. The van der Waals surface area contributed by atoms with E-state index in [0.717, 1.165) is 30.4 Å². The molecule has 2 atom stereocenters. The first kappa shape index (κ1) is 25.1. The quantitative estimate of drug-likeness (QED) is 0.661. The molecule has 1 aliphatic carbocycles. The number of hydrogen-bond donors (Lipinski definition) is 2. The van der Waals surface area contributed by atoms with Crippen LogP contribution in [-0.4, -0.2) is 57.3 Å². The molecule has 1 saturated carbocycles. The number of aromatic nitrogens is 2. The van der Waals surface area contributed by atoms with Crippen molar-refractivity contribution in [2.45, 2.75) is 57.1 Å². The molecule has 2 N–H and O–H groups in total. The number of amides is 1. The van der Waals surface area contributed by atoms with E-state index in [9.17, 15) is 18.0 Å². The average molecular weight is 492 g/mol. The molecule has 11 heteroatoms. The molecule has 1 saturated heterocycles. The Morgan fingerprint density at radius 1 is 1.23 bits per heavy atom. The molecule has 0 bridgehead atoms. The van der Waals surface area contributed by atoms with E-state index in [0.29, 0.717) is 19.6 Å². The molecule has 1 aromatic carbocycles. The standard InChI is InChI=1S/C22H26N4O2.C2HF3O2/c1-15-9-24-18(10-23-15)11-25-21(27)20-8-22(14-28-20)19-5-3-2-4-17(19)13-26(22)12-16-6-7-16;3-2(4,5)1(6)7/h2-5,9-10,16,20H,6-8,11-14H2,1H3,(H,25,27);(H,6,7). The number of benzene rings is 1. The lowest BCUT2D eigenvalue weighted by Gasteiger charge is -2.34. The summed E-state index contributed by atoms with van der Waals surface area (Å²) in [5.74, 6) is -2.01. The number of ether oxygens (including phenoxy) is 1. The number of carbonyl (C=O) groups is 2. The molecule has 188 valence electrons. The fourth-order valence-corrected chi connectivity index (χ4v) is 4.53. The van der Waals surface area contributed by atoms with E-state index < -0.39 is 18.2 Å². The van der Waals surface area contributed by atoms with E-state index in [1.807, 2.05) is 6.92 Å². The van der Waals surface area contributed by atoms with Crippen LogP contribution in [0.25, 0.3) is 0 Å². The lowest BCUT2D eigenvalue weighted by Crippen LogP contribution is -2.43. The number of alkyl halides is 3. The number of carboxylic acid groups (broad SMARTS) is 1. The monoisotopic (exact) mass is 492 g/mol. The molecular formula is C24H27F3N4O4. The molecular weight excluding hydrogens is 465 g/mol. The van der Waals surface area contributed by atoms with Crippen molar-refractivity contribution in [3.05, 3.63) is 59.2 Å². The smallest absolute Gasteiger partial charge is 0.475 e. The minimum atomic E-state index is -5.08. The van der Waals surface area contributed by atoms with Gasteiger partial charge in [0.2, 0.25) is 5.91 Å². The Balaban J connectivity index is 0.000000364. The molecule has 3 heterocycles. The summed E-state index contributed by atoms with van der Waals surface area (Å²) in [5.41, 5.74) is 4.18. The maximum atomic E-state index is 12.8. The van der Waals surface area contributed by atoms with Crippen molar-refractivity contribution in [2.24, 2.45) is 5.92 Å². The van der Waals surface area contributed by atoms with Crippen LogP contribution in [0.4, 0.5) is 13.2 Å². The van der Waals surface area contributed by atoms with Gasteiger partial charge in [-0.2, -0.15) is 13.2 Å². The number of fused-ring (bicyclic) bond motifs is 2. The van der Waals surface area contributed by atoms with Crippen LogP contribution in [0.5, 0.6) is 0 Å². The Kier molecular flexibility index (Phi) is 7.09. The number of carboxylic acids is 1. The summed E-state index contributed by atoms with van der Waals surface area (Å²) < 4.78 is 37.8. The molecule has 0 radical (unpaired) electrons. The number of aliphatic carboxylic acids is 1. The van der Waals surface area contributed by atoms with Gasteiger partial charge in [-0.05, 0) is 36.8 Å². The van der Waals surface area contributed by atoms with Crippen molar-refractivity contribution < 1.29 is 32.6 Å². The van der Waals surface area contributed by atoms with Gasteiger partial charge in [-0.15, -0.1) is 0 Å². The number of nitrogens with zero attached hydrogens (tertiary/aromatic N) is 3. The van der Waals surface area contributed by atoms with Gasteiger partial charge in [0, 0.05) is 25.7 Å². The Hall–Kier alpha value is -3.05. The van der Waals surface area contributed by atoms with Gasteiger partial charge in [-0.3, -0.25) is 19.7 Å². The van der Waals surface area contributed by atoms with Gasteiger partial charge in [-0.1, -0.05) is 24.3 Å². The van der Waals surface area contributed by atoms with Crippen LogP contribution in [0.3, 0.4) is 0 Å². The number of nitrogens with one attached hydrogen (secondary N) is 1. The molecule has 1 aromatic heterocycles. The summed E-state index contributed by atoms with van der Waals surface area (Å²) in [5, 5.41) is 10.1. The summed E-state index contributed by atoms with van der Waals surface area (Å²) in [6.07, 6.45) is 1.27. The third-order valence-electron chi connectivity index (χ3n) is 6.52. The Morgan fingerprint density at radius 2 is 1.94 bits per heavy atom. The van der Waals surface area contributed by atoms with Crippen molar-refractivity contribution in [2.75, 3.05) is 13.2 Å². The summed E-state index contributed by atoms with van der Waals surface area (Å²) in [7, 11) is 0. The molecule has 2 aromatic rings. The third kappa shape index (κ3) is 5.79. The van der Waals surface area contributed by atoms with Crippen LogP contribution in [-0.2, 0) is 33.0 Å². The molecule has 3 aliphatic rings. The summed E-state index contributed by atoms with van der Waals surface area (Å²) in [6.45, 7) is 4.92. The average Bonchev–Trinajstić information content (AvgIpc) is 3.44. The molecule has 5 rings (SSSR count). The van der Waals surface area contributed by atoms with E-state index >= 15 is 0 Å². The van der Waals surface area contributed by atoms with Crippen molar-refractivity contribution in [1.82, 2.24) is 20.2 Å². The zero-order chi connectivity index (χ0) is 25.2. The summed E-state index contributed by atoms with van der Waals surface area (Å²) in [6, 6.07) is 8.64. The maximum Gasteiger partial charge on any atom is 0.490 e. The second kappa shape index (κ2) is 9.90. The van der Waals surface area contributed by atoms with E-state index in [-0.39, 0.29) is 11.4 Å². The number of hydrogen-bond acceptors (Lipinski definition) is 6. The summed E-state index contributed by atoms with van der Waals surface area (Å²) >= 11 is 0. The first-order chi connectivity index (χ1) is 16.6. The fraction of sp³-hybridized carbons (Fsp3) is 0.500. The highest BCUT2D eigenvalue weighted by Crippen LogP contribution is 2.48. The van der Waals surface area contributed by atoms with Crippen molar-refractivity contribution in [3.8, 4) is 0 Å². The SMILES string of the molecule is Cc1cnc(CNC(=O)C2CC3(CO2)c2ccccc2CN3CC2CC2)cn1.O=C(O)C(F)(F)F. The normalized spacial score (nSPS) is 23.5. The van der Waals surface area contributed by atoms with E-state index in [1.165, 1.54) is 24.0 Å². The van der Waals surface area contributed by atoms with Gasteiger partial charge in [0.1, 0.15) is 6.10 Å². The van der Waals surface area contributed by atoms with Gasteiger partial charge in [-0.25, -0.2) is 4.79 Å². The van der Waals surface area contributed by atoms with Gasteiger partial charge in [0.05, 0.1) is 36.3 Å². The number of aryl methyl sites for hydroxylation is 1. The highest BCUT2D eigenvalue weighted by Gasteiger charge is 2.53. The number of carbonyl (C=O) groups excluding carboxylic acids is 1. The van der Waals surface area contributed by atoms with E-state index in [1.54, 1.807) is 12.4 Å². The molecule has 2 fully saturated rings. The molecule has 1 amide bonds. The molecule has 2 aliphatic heterocycles. The largest absolute Gasteiger partial charge is 0.490 e. The maximum absolute atomic E-state index is 12.8. The predicted octanol–water partition coefficient (Wildman–Crippen LogP) is 2.94. The first-order valence-electron chi connectivity index (χ1n) is 11.4. The van der Waals surface area contributed by atoms with E-state index in [2.05, 4.69) is 44.5 Å². The third-order valence-corrected chi connectivity index (χ3v) is 6.52. The number of halogens is 3. The summed E-state index contributed by atoms with van der Waals surface area (Å²) in [4.78, 5) is 32.8. The van der Waals surface area contributed by atoms with Crippen LogP contribution < -0.4 is 5.32 Å². The highest BCUT2D eigenvalue weighted by atomic mass is 19.4. The second-order valence-corrected chi connectivity index (χ2v) is 9.19. The molecule has 8 nitrogen and oxygen atoms in total. The fourth-order valence-electron chi connectivity index (χ4n) is 4.53. The van der Waals surface area contributed by atoms with Gasteiger partial charge < -0.3 is 15.2 Å². The van der Waals surface area contributed by atoms with Gasteiger partial charge in [0.15, 0.2) is 0 Å². The second-order valence-electron chi connectivity index (χ2n) is 9.19.